The van der Waals surface area contributed by atoms with Crippen molar-refractivity contribution in [2.45, 2.75) is 26.8 Å². The molecule has 4 nitrogen and oxygen atoms in total. The lowest BCUT2D eigenvalue weighted by Gasteiger charge is -2.39. The Balaban J connectivity index is 1.59. The summed E-state index contributed by atoms with van der Waals surface area (Å²) in [5.41, 5.74) is 4.07. The number of rotatable bonds is 4. The second kappa shape index (κ2) is 8.05. The molecule has 2 aromatic rings. The molecular weight excluding hydrogens is 348 g/mol. The number of hydrogen-bond donors (Lipinski definition) is 1. The van der Waals surface area contributed by atoms with Crippen LogP contribution in [0.25, 0.3) is 0 Å². The van der Waals surface area contributed by atoms with Crippen LogP contribution in [0.15, 0.2) is 36.4 Å². The molecule has 0 aromatic heterocycles. The van der Waals surface area contributed by atoms with Crippen LogP contribution in [0.4, 0.5) is 20.2 Å². The lowest BCUT2D eigenvalue weighted by molar-refractivity contribution is -0.120. The molecule has 1 heterocycles. The number of hydrogen-bond acceptors (Lipinski definition) is 3. The zero-order valence-electron chi connectivity index (χ0n) is 15.9. The average molecular weight is 373 g/mol. The van der Waals surface area contributed by atoms with Gasteiger partial charge in [-0.25, -0.2) is 8.78 Å². The molecule has 6 heteroatoms. The van der Waals surface area contributed by atoms with E-state index in [1.54, 1.807) is 0 Å². The Morgan fingerprint density at radius 3 is 2.41 bits per heavy atom. The van der Waals surface area contributed by atoms with Crippen molar-refractivity contribution in [2.75, 3.05) is 36.4 Å². The van der Waals surface area contributed by atoms with Crippen molar-refractivity contribution < 1.29 is 13.6 Å². The number of carbonyl (C=O) groups is 1. The van der Waals surface area contributed by atoms with E-state index < -0.39 is 11.6 Å². The van der Waals surface area contributed by atoms with Crippen LogP contribution < -0.4 is 10.2 Å². The third-order valence-corrected chi connectivity index (χ3v) is 5.35. The predicted molar refractivity (Wildman–Crippen MR) is 104 cm³/mol. The van der Waals surface area contributed by atoms with E-state index in [0.29, 0.717) is 0 Å². The molecule has 144 valence electrons. The largest absolute Gasteiger partial charge is 0.369 e. The summed E-state index contributed by atoms with van der Waals surface area (Å²) >= 11 is 0. The van der Waals surface area contributed by atoms with Crippen molar-refractivity contribution in [1.82, 2.24) is 4.90 Å². The van der Waals surface area contributed by atoms with Crippen molar-refractivity contribution >= 4 is 17.3 Å². The molecule has 0 spiro atoms. The Bertz CT molecular complexity index is 832. The first-order valence-corrected chi connectivity index (χ1v) is 9.18. The maximum atomic E-state index is 13.3. The molecule has 1 unspecified atom stereocenters. The molecule has 1 fully saturated rings. The summed E-state index contributed by atoms with van der Waals surface area (Å²) in [7, 11) is 0. The van der Waals surface area contributed by atoms with Gasteiger partial charge in [0.2, 0.25) is 5.91 Å². The van der Waals surface area contributed by atoms with Gasteiger partial charge in [0, 0.05) is 43.6 Å². The Morgan fingerprint density at radius 1 is 1.04 bits per heavy atom. The Hall–Kier alpha value is -2.47. The number of benzene rings is 2. The number of nitrogens with zero attached hydrogens (tertiary/aromatic N) is 2. The van der Waals surface area contributed by atoms with E-state index in [9.17, 15) is 13.6 Å². The second-order valence-electron chi connectivity index (χ2n) is 7.04. The van der Waals surface area contributed by atoms with Crippen molar-refractivity contribution in [3.63, 3.8) is 0 Å². The number of carbonyl (C=O) groups excluding carboxylic acids is 1. The molecule has 1 N–H and O–H groups in total. The average Bonchev–Trinajstić information content (AvgIpc) is 2.66. The van der Waals surface area contributed by atoms with E-state index in [2.05, 4.69) is 47.2 Å². The third kappa shape index (κ3) is 4.27. The van der Waals surface area contributed by atoms with Crippen LogP contribution >= 0.6 is 0 Å². The second-order valence-corrected chi connectivity index (χ2v) is 7.04. The van der Waals surface area contributed by atoms with Crippen molar-refractivity contribution in [3.05, 3.63) is 59.2 Å². The fourth-order valence-electron chi connectivity index (χ4n) is 3.41. The van der Waals surface area contributed by atoms with Crippen LogP contribution in [0.3, 0.4) is 0 Å². The molecular formula is C21H25F2N3O. The van der Waals surface area contributed by atoms with Gasteiger partial charge in [0.25, 0.3) is 0 Å². The summed E-state index contributed by atoms with van der Waals surface area (Å²) in [5, 5.41) is 2.67. The number of amides is 1. The molecule has 3 rings (SSSR count). The zero-order chi connectivity index (χ0) is 19.6. The van der Waals surface area contributed by atoms with Crippen LogP contribution in [0.2, 0.25) is 0 Å². The first-order valence-electron chi connectivity index (χ1n) is 9.18. The Labute approximate surface area is 158 Å². The topological polar surface area (TPSA) is 35.6 Å². The minimum absolute atomic E-state index is 0.221. The predicted octanol–water partition coefficient (Wildman–Crippen LogP) is 3.73. The van der Waals surface area contributed by atoms with Gasteiger partial charge in [0.15, 0.2) is 11.6 Å². The summed E-state index contributed by atoms with van der Waals surface area (Å²) in [6.07, 6.45) is 0. The number of nitrogens with one attached hydrogen (secondary N) is 1. The molecule has 1 atom stereocenters. The lowest BCUT2D eigenvalue weighted by Crippen LogP contribution is -2.53. The van der Waals surface area contributed by atoms with Gasteiger partial charge in [0.05, 0.1) is 6.04 Å². The first kappa shape index (κ1) is 19.3. The highest BCUT2D eigenvalue weighted by Gasteiger charge is 2.26. The van der Waals surface area contributed by atoms with E-state index >= 15 is 0 Å². The van der Waals surface area contributed by atoms with Crippen LogP contribution in [0.5, 0.6) is 0 Å². The molecule has 1 aliphatic heterocycles. The standard InChI is InChI=1S/C21H25F2N3O/c1-14-5-4-6-20(15(14)2)26-11-9-25(10-12-26)16(3)21(27)24-17-7-8-18(22)19(23)13-17/h4-8,13,16H,9-12H2,1-3H3,(H,24,27). The number of halogens is 2. The van der Waals surface area contributed by atoms with Crippen LogP contribution in [0.1, 0.15) is 18.1 Å². The van der Waals surface area contributed by atoms with Gasteiger partial charge in [-0.3, -0.25) is 9.69 Å². The molecule has 1 amide bonds. The maximum absolute atomic E-state index is 13.3. The van der Waals surface area contributed by atoms with E-state index in [-0.39, 0.29) is 17.6 Å². The monoisotopic (exact) mass is 373 g/mol. The smallest absolute Gasteiger partial charge is 0.241 e. The summed E-state index contributed by atoms with van der Waals surface area (Å²) in [6, 6.07) is 9.34. The van der Waals surface area contributed by atoms with Gasteiger partial charge in [-0.15, -0.1) is 0 Å². The van der Waals surface area contributed by atoms with Gasteiger partial charge >= 0.3 is 0 Å². The molecule has 0 saturated carbocycles. The zero-order valence-corrected chi connectivity index (χ0v) is 15.9. The molecule has 0 bridgehead atoms. The van der Waals surface area contributed by atoms with Gasteiger partial charge in [-0.05, 0) is 50.1 Å². The van der Waals surface area contributed by atoms with Gasteiger partial charge in [-0.2, -0.15) is 0 Å². The summed E-state index contributed by atoms with van der Waals surface area (Å²) in [6.45, 7) is 9.29. The lowest BCUT2D eigenvalue weighted by atomic mass is 10.1. The van der Waals surface area contributed by atoms with Gasteiger partial charge < -0.3 is 10.2 Å². The third-order valence-electron chi connectivity index (χ3n) is 5.35. The molecule has 1 aliphatic rings. The molecule has 27 heavy (non-hydrogen) atoms. The van der Waals surface area contributed by atoms with E-state index in [4.69, 9.17) is 0 Å². The maximum Gasteiger partial charge on any atom is 0.241 e. The van der Waals surface area contributed by atoms with Crippen LogP contribution in [-0.4, -0.2) is 43.0 Å². The van der Waals surface area contributed by atoms with Gasteiger partial charge in [-0.1, -0.05) is 12.1 Å². The highest BCUT2D eigenvalue weighted by Crippen LogP contribution is 2.24. The van der Waals surface area contributed by atoms with Crippen molar-refractivity contribution in [1.29, 1.82) is 0 Å². The van der Waals surface area contributed by atoms with Crippen LogP contribution in [0, 0.1) is 25.5 Å². The van der Waals surface area contributed by atoms with Crippen LogP contribution in [-0.2, 0) is 4.79 Å². The fourth-order valence-corrected chi connectivity index (χ4v) is 3.41. The number of piperazine rings is 1. The summed E-state index contributed by atoms with van der Waals surface area (Å²) < 4.78 is 26.3. The van der Waals surface area contributed by atoms with E-state index in [1.807, 2.05) is 6.92 Å². The summed E-state index contributed by atoms with van der Waals surface area (Å²) in [5.74, 6) is -2.12. The molecule has 1 saturated heterocycles. The Kier molecular flexibility index (Phi) is 5.75. The minimum atomic E-state index is -0.970. The number of aryl methyl sites for hydroxylation is 1. The highest BCUT2D eigenvalue weighted by molar-refractivity contribution is 5.94. The summed E-state index contributed by atoms with van der Waals surface area (Å²) in [4.78, 5) is 16.9. The SMILES string of the molecule is Cc1cccc(N2CCN(C(C)C(=O)Nc3ccc(F)c(F)c3)CC2)c1C. The van der Waals surface area contributed by atoms with E-state index in [1.165, 1.54) is 22.9 Å². The highest BCUT2D eigenvalue weighted by atomic mass is 19.2. The number of anilines is 2. The van der Waals surface area contributed by atoms with Crippen molar-refractivity contribution in [3.8, 4) is 0 Å². The van der Waals surface area contributed by atoms with Crippen molar-refractivity contribution in [2.24, 2.45) is 0 Å². The molecule has 0 radical (unpaired) electrons. The minimum Gasteiger partial charge on any atom is -0.369 e. The first-order chi connectivity index (χ1) is 12.9. The fraction of sp³-hybridized carbons (Fsp3) is 0.381. The Morgan fingerprint density at radius 2 is 1.74 bits per heavy atom. The normalized spacial score (nSPS) is 16.3. The quantitative estimate of drug-likeness (QED) is 0.887. The van der Waals surface area contributed by atoms with Gasteiger partial charge in [0.1, 0.15) is 0 Å². The molecule has 0 aliphatic carbocycles. The molecule has 2 aromatic carbocycles. The van der Waals surface area contributed by atoms with E-state index in [0.717, 1.165) is 38.3 Å².